The van der Waals surface area contributed by atoms with Crippen molar-refractivity contribution in [2.24, 2.45) is 0 Å². The molecule has 5 rings (SSSR count). The maximum Gasteiger partial charge on any atom is 0.142 e. The van der Waals surface area contributed by atoms with Gasteiger partial charge in [0, 0.05) is 17.4 Å². The van der Waals surface area contributed by atoms with E-state index in [0.717, 1.165) is 50.3 Å². The summed E-state index contributed by atoms with van der Waals surface area (Å²) in [5.74, 6) is 2.89. The summed E-state index contributed by atoms with van der Waals surface area (Å²) >= 11 is 0. The molecule has 0 bridgehead atoms. The van der Waals surface area contributed by atoms with Crippen molar-refractivity contribution < 1.29 is 14.2 Å². The summed E-state index contributed by atoms with van der Waals surface area (Å²) < 4.78 is 17.7. The molecular formula is C26H19NO3. The van der Waals surface area contributed by atoms with Gasteiger partial charge >= 0.3 is 0 Å². The highest BCUT2D eigenvalue weighted by molar-refractivity contribution is 5.97. The van der Waals surface area contributed by atoms with E-state index in [1.807, 2.05) is 48.5 Å². The van der Waals surface area contributed by atoms with Crippen molar-refractivity contribution >= 4 is 22.1 Å². The molecule has 0 saturated heterocycles. The summed E-state index contributed by atoms with van der Waals surface area (Å²) in [6.07, 6.45) is 4.06. The fourth-order valence-corrected chi connectivity index (χ4v) is 4.02. The van der Waals surface area contributed by atoms with Gasteiger partial charge in [0.25, 0.3) is 0 Å². The summed E-state index contributed by atoms with van der Waals surface area (Å²) in [6, 6.07) is 22.3. The summed E-state index contributed by atoms with van der Waals surface area (Å²) in [4.78, 5) is 0. The molecule has 2 heterocycles. The second-order valence-corrected chi connectivity index (χ2v) is 7.13. The van der Waals surface area contributed by atoms with Crippen molar-refractivity contribution in [2.45, 2.75) is 6.42 Å². The Balaban J connectivity index is 1.72. The second-order valence-electron chi connectivity index (χ2n) is 7.13. The molecule has 0 saturated carbocycles. The highest BCUT2D eigenvalue weighted by Gasteiger charge is 2.28. The van der Waals surface area contributed by atoms with Gasteiger partial charge in [-0.2, -0.15) is 5.26 Å². The minimum Gasteiger partial charge on any atom is -0.497 e. The van der Waals surface area contributed by atoms with Crippen LogP contribution < -0.4 is 9.47 Å². The maximum absolute atomic E-state index is 9.24. The molecule has 0 amide bonds. The van der Waals surface area contributed by atoms with E-state index in [4.69, 9.17) is 14.2 Å². The first kappa shape index (κ1) is 18.1. The van der Waals surface area contributed by atoms with Crippen LogP contribution in [0.4, 0.5) is 0 Å². The van der Waals surface area contributed by atoms with Gasteiger partial charge in [0.2, 0.25) is 0 Å². The Morgan fingerprint density at radius 3 is 2.67 bits per heavy atom. The lowest BCUT2D eigenvalue weighted by molar-refractivity contribution is 0.329. The van der Waals surface area contributed by atoms with E-state index in [9.17, 15) is 5.26 Å². The SMILES string of the molecule is COc1ccc(C2=C/C(=C/C#N)OC3=C2CCOc2c3ccc3ccccc23)cc1. The average molecular weight is 393 g/mol. The first-order chi connectivity index (χ1) is 14.8. The van der Waals surface area contributed by atoms with Gasteiger partial charge < -0.3 is 14.2 Å². The van der Waals surface area contributed by atoms with Crippen LogP contribution in [0.1, 0.15) is 17.5 Å². The summed E-state index contributed by atoms with van der Waals surface area (Å²) in [7, 11) is 1.65. The molecule has 146 valence electrons. The number of benzene rings is 3. The Labute approximate surface area is 174 Å². The lowest BCUT2D eigenvalue weighted by Crippen LogP contribution is -2.05. The summed E-state index contributed by atoms with van der Waals surface area (Å²) in [5.41, 5.74) is 4.05. The molecular weight excluding hydrogens is 374 g/mol. The molecule has 3 aromatic rings. The maximum atomic E-state index is 9.24. The van der Waals surface area contributed by atoms with Crippen LogP contribution in [0.3, 0.4) is 0 Å². The topological polar surface area (TPSA) is 51.5 Å². The van der Waals surface area contributed by atoms with Gasteiger partial charge in [-0.1, -0.05) is 42.5 Å². The highest BCUT2D eigenvalue weighted by Crippen LogP contribution is 2.45. The number of fused-ring (bicyclic) bond motifs is 4. The van der Waals surface area contributed by atoms with E-state index in [-0.39, 0.29) is 0 Å². The van der Waals surface area contributed by atoms with Gasteiger partial charge in [0.05, 0.1) is 31.4 Å². The number of nitrogens with zero attached hydrogens (tertiary/aromatic N) is 1. The zero-order chi connectivity index (χ0) is 20.5. The third-order valence-electron chi connectivity index (χ3n) is 5.44. The zero-order valence-corrected chi connectivity index (χ0v) is 16.5. The number of allylic oxidation sites excluding steroid dienone is 3. The predicted molar refractivity (Wildman–Crippen MR) is 117 cm³/mol. The molecule has 0 aliphatic carbocycles. The van der Waals surface area contributed by atoms with Crippen molar-refractivity contribution in [3.63, 3.8) is 0 Å². The van der Waals surface area contributed by atoms with Crippen LogP contribution >= 0.6 is 0 Å². The summed E-state index contributed by atoms with van der Waals surface area (Å²) in [6.45, 7) is 0.550. The third kappa shape index (κ3) is 3.01. The van der Waals surface area contributed by atoms with Crippen molar-refractivity contribution in [1.82, 2.24) is 0 Å². The average Bonchev–Trinajstić information content (AvgIpc) is 2.98. The second kappa shape index (κ2) is 7.46. The minimum atomic E-state index is 0.517. The smallest absolute Gasteiger partial charge is 0.142 e. The number of rotatable bonds is 2. The van der Waals surface area contributed by atoms with Crippen molar-refractivity contribution in [2.75, 3.05) is 13.7 Å². The van der Waals surface area contributed by atoms with Gasteiger partial charge in [-0.3, -0.25) is 0 Å². The first-order valence-corrected chi connectivity index (χ1v) is 9.80. The van der Waals surface area contributed by atoms with Gasteiger partial charge in [0.15, 0.2) is 0 Å². The van der Waals surface area contributed by atoms with Crippen LogP contribution in [0.15, 0.2) is 84.1 Å². The molecule has 2 aliphatic rings. The largest absolute Gasteiger partial charge is 0.497 e. The lowest BCUT2D eigenvalue weighted by atomic mass is 9.90. The number of hydrogen-bond acceptors (Lipinski definition) is 4. The summed E-state index contributed by atoms with van der Waals surface area (Å²) in [5, 5.41) is 11.4. The molecule has 0 aromatic heterocycles. The van der Waals surface area contributed by atoms with Gasteiger partial charge in [-0.25, -0.2) is 0 Å². The molecule has 4 heteroatoms. The van der Waals surface area contributed by atoms with Crippen molar-refractivity contribution in [1.29, 1.82) is 5.26 Å². The van der Waals surface area contributed by atoms with Gasteiger partial charge in [0.1, 0.15) is 23.0 Å². The van der Waals surface area contributed by atoms with Crippen molar-refractivity contribution in [3.8, 4) is 17.6 Å². The van der Waals surface area contributed by atoms with Crippen LogP contribution in [0, 0.1) is 11.3 Å². The van der Waals surface area contributed by atoms with Gasteiger partial charge in [-0.15, -0.1) is 0 Å². The Bertz CT molecular complexity index is 1270. The fourth-order valence-electron chi connectivity index (χ4n) is 4.02. The Kier molecular flexibility index (Phi) is 4.49. The molecule has 4 nitrogen and oxygen atoms in total. The number of ether oxygens (including phenoxy) is 3. The minimum absolute atomic E-state index is 0.517. The standard InChI is InChI=1S/C26H19NO3/c1-28-19-9-6-18(7-10-19)24-16-20(12-14-27)30-26-22(24)13-15-29-25-21-5-3-2-4-17(21)8-11-23(25)26/h2-12,16H,13,15H2,1H3/b20-12-. The molecule has 0 fully saturated rings. The Morgan fingerprint density at radius 1 is 1.03 bits per heavy atom. The van der Waals surface area contributed by atoms with Crippen LogP contribution in [0.25, 0.3) is 22.1 Å². The van der Waals surface area contributed by atoms with E-state index in [0.29, 0.717) is 18.8 Å². The van der Waals surface area contributed by atoms with E-state index < -0.39 is 0 Å². The van der Waals surface area contributed by atoms with Crippen molar-refractivity contribution in [3.05, 3.63) is 95.3 Å². The number of hydrogen-bond donors (Lipinski definition) is 0. The van der Waals surface area contributed by atoms with Crippen LogP contribution in [0.5, 0.6) is 11.5 Å². The lowest BCUT2D eigenvalue weighted by Gasteiger charge is -2.23. The quantitative estimate of drug-likeness (QED) is 0.512. The molecule has 0 radical (unpaired) electrons. The molecule has 0 unspecified atom stereocenters. The Morgan fingerprint density at radius 2 is 1.87 bits per heavy atom. The Hall–Kier alpha value is -3.97. The molecule has 0 atom stereocenters. The molecule has 0 spiro atoms. The number of nitriles is 1. The van der Waals surface area contributed by atoms with Gasteiger partial charge in [-0.05, 0) is 40.8 Å². The zero-order valence-electron chi connectivity index (χ0n) is 16.5. The van der Waals surface area contributed by atoms with Crippen LogP contribution in [-0.4, -0.2) is 13.7 Å². The highest BCUT2D eigenvalue weighted by atomic mass is 16.5. The van der Waals surface area contributed by atoms with E-state index in [1.54, 1.807) is 7.11 Å². The molecule has 0 N–H and O–H groups in total. The fraction of sp³-hybridized carbons (Fsp3) is 0.115. The van der Waals surface area contributed by atoms with E-state index in [2.05, 4.69) is 24.3 Å². The predicted octanol–water partition coefficient (Wildman–Crippen LogP) is 5.86. The monoisotopic (exact) mass is 393 g/mol. The normalized spacial score (nSPS) is 16.5. The van der Waals surface area contributed by atoms with E-state index >= 15 is 0 Å². The first-order valence-electron chi connectivity index (χ1n) is 9.80. The molecule has 3 aromatic carbocycles. The molecule has 30 heavy (non-hydrogen) atoms. The van der Waals surface area contributed by atoms with E-state index in [1.165, 1.54) is 6.08 Å². The molecule has 2 aliphatic heterocycles. The van der Waals surface area contributed by atoms with Crippen LogP contribution in [-0.2, 0) is 4.74 Å². The number of methoxy groups -OCH3 is 1. The van der Waals surface area contributed by atoms with Crippen LogP contribution in [0.2, 0.25) is 0 Å². The third-order valence-corrected chi connectivity index (χ3v) is 5.44.